The number of hydrogen-bond acceptors (Lipinski definition) is 6. The van der Waals surface area contributed by atoms with Crippen LogP contribution in [0.1, 0.15) is 59.8 Å². The Morgan fingerprint density at radius 2 is 1.71 bits per heavy atom. The number of hydrogen-bond donors (Lipinski definition) is 0. The molecule has 2 heterocycles. The Morgan fingerprint density at radius 1 is 1.04 bits per heavy atom. The molecule has 0 aromatic heterocycles. The summed E-state index contributed by atoms with van der Waals surface area (Å²) in [7, 11) is 0. The van der Waals surface area contributed by atoms with Crippen molar-refractivity contribution in [2.45, 2.75) is 71.9 Å². The maximum Gasteiger partial charge on any atom is 0.343 e. The van der Waals surface area contributed by atoms with Crippen LogP contribution >= 0.6 is 0 Å². The summed E-state index contributed by atoms with van der Waals surface area (Å²) in [5.41, 5.74) is 0.196. The van der Waals surface area contributed by atoms with Crippen molar-refractivity contribution in [3.8, 4) is 0 Å². The van der Waals surface area contributed by atoms with Crippen molar-refractivity contribution < 1.29 is 23.8 Å². The van der Waals surface area contributed by atoms with E-state index in [1.807, 2.05) is 13.8 Å². The summed E-state index contributed by atoms with van der Waals surface area (Å²) in [5, 5.41) is 0. The van der Waals surface area contributed by atoms with E-state index in [2.05, 4.69) is 11.8 Å². The Bertz CT molecular complexity index is 668. The van der Waals surface area contributed by atoms with E-state index in [0.717, 1.165) is 37.2 Å². The van der Waals surface area contributed by atoms with Crippen molar-refractivity contribution in [2.75, 3.05) is 19.8 Å². The molecule has 3 rings (SSSR count). The smallest absolute Gasteiger partial charge is 0.343 e. The van der Waals surface area contributed by atoms with E-state index in [9.17, 15) is 9.59 Å². The summed E-state index contributed by atoms with van der Waals surface area (Å²) in [6, 6.07) is 0.424. The molecule has 1 fully saturated rings. The molecular formula is C22H33NO5. The molecule has 0 aromatic rings. The highest BCUT2D eigenvalue weighted by Crippen LogP contribution is 2.47. The Labute approximate surface area is 167 Å². The molecule has 0 saturated carbocycles. The Balaban J connectivity index is 1.90. The van der Waals surface area contributed by atoms with Crippen molar-refractivity contribution in [2.24, 2.45) is 11.8 Å². The molecule has 1 aliphatic carbocycles. The quantitative estimate of drug-likeness (QED) is 0.488. The van der Waals surface area contributed by atoms with Gasteiger partial charge in [-0.25, -0.2) is 4.79 Å². The lowest BCUT2D eigenvalue weighted by atomic mass is 9.67. The maximum absolute atomic E-state index is 12.7. The second-order valence-electron chi connectivity index (χ2n) is 7.75. The van der Waals surface area contributed by atoms with Crippen LogP contribution in [0, 0.1) is 11.8 Å². The van der Waals surface area contributed by atoms with Crippen LogP contribution in [0.15, 0.2) is 23.3 Å². The minimum Gasteiger partial charge on any atom is -0.495 e. The zero-order valence-electron chi connectivity index (χ0n) is 17.5. The molecule has 156 valence electrons. The molecule has 0 spiro atoms. The summed E-state index contributed by atoms with van der Waals surface area (Å²) in [5.74, 6) is 2.12. The molecule has 4 atom stereocenters. The number of carbonyl (C=O) groups is 2. The molecule has 6 heteroatoms. The van der Waals surface area contributed by atoms with Crippen molar-refractivity contribution in [3.05, 3.63) is 23.3 Å². The Hall–Kier alpha value is -1.98. The largest absolute Gasteiger partial charge is 0.495 e. The fourth-order valence-electron chi connectivity index (χ4n) is 5.03. The number of nitrogens with zero attached hydrogens (tertiary/aromatic N) is 1. The van der Waals surface area contributed by atoms with Gasteiger partial charge in [0.2, 0.25) is 0 Å². The lowest BCUT2D eigenvalue weighted by molar-refractivity contribution is -0.141. The Kier molecular flexibility index (Phi) is 6.68. The number of esters is 1. The fourth-order valence-corrected chi connectivity index (χ4v) is 5.03. The zero-order chi connectivity index (χ0) is 20.3. The van der Waals surface area contributed by atoms with Crippen molar-refractivity contribution >= 4 is 11.8 Å². The third kappa shape index (κ3) is 3.91. The number of fused-ring (bicyclic) bond motifs is 3. The first-order valence-corrected chi connectivity index (χ1v) is 10.7. The van der Waals surface area contributed by atoms with Gasteiger partial charge in [0.25, 0.3) is 0 Å². The average molecular weight is 392 g/mol. The number of rotatable bonds is 7. The van der Waals surface area contributed by atoms with Crippen LogP contribution < -0.4 is 0 Å². The van der Waals surface area contributed by atoms with Crippen LogP contribution in [0.4, 0.5) is 0 Å². The van der Waals surface area contributed by atoms with Crippen LogP contribution in [0.2, 0.25) is 0 Å². The van der Waals surface area contributed by atoms with E-state index < -0.39 is 5.97 Å². The second-order valence-corrected chi connectivity index (χ2v) is 7.75. The molecule has 0 amide bonds. The van der Waals surface area contributed by atoms with Crippen LogP contribution in [0.5, 0.6) is 0 Å². The van der Waals surface area contributed by atoms with E-state index in [-0.39, 0.29) is 24.0 Å². The number of Topliss-reactive ketones (excluding diaryl/α,β-unsaturated/α-hetero) is 1. The third-order valence-electron chi connectivity index (χ3n) is 6.24. The first-order chi connectivity index (χ1) is 13.5. The highest BCUT2D eigenvalue weighted by Gasteiger charge is 2.48. The summed E-state index contributed by atoms with van der Waals surface area (Å²) in [6.07, 6.45) is 5.83. The van der Waals surface area contributed by atoms with E-state index in [0.29, 0.717) is 37.5 Å². The number of ketones is 1. The van der Waals surface area contributed by atoms with Gasteiger partial charge in [0.1, 0.15) is 17.1 Å². The van der Waals surface area contributed by atoms with Gasteiger partial charge in [-0.3, -0.25) is 4.79 Å². The van der Waals surface area contributed by atoms with Gasteiger partial charge in [-0.15, -0.1) is 0 Å². The summed E-state index contributed by atoms with van der Waals surface area (Å²) >= 11 is 0. The third-order valence-corrected chi connectivity index (χ3v) is 6.24. The van der Waals surface area contributed by atoms with E-state index in [4.69, 9.17) is 14.2 Å². The molecule has 0 N–H and O–H groups in total. The minimum absolute atomic E-state index is 0.104. The normalized spacial score (nSPS) is 29.6. The molecule has 28 heavy (non-hydrogen) atoms. The van der Waals surface area contributed by atoms with Crippen LogP contribution in [0.3, 0.4) is 0 Å². The number of piperidine rings is 1. The Morgan fingerprint density at radius 3 is 2.32 bits per heavy atom. The maximum atomic E-state index is 12.7. The average Bonchev–Trinajstić information content (AvgIpc) is 2.68. The second kappa shape index (κ2) is 9.01. The molecule has 0 radical (unpaired) electrons. The number of carbonyl (C=O) groups excluding carboxylic acids is 2. The highest BCUT2D eigenvalue weighted by atomic mass is 16.5. The zero-order valence-corrected chi connectivity index (χ0v) is 17.5. The highest BCUT2D eigenvalue weighted by molar-refractivity contribution is 6.17. The molecule has 0 aromatic carbocycles. The van der Waals surface area contributed by atoms with Gasteiger partial charge in [0.05, 0.1) is 19.8 Å². The SMILES string of the molecule is CCOC(=O)C1=CN2C(CC)CC3CC(OCC)=C(OCC)CC3C2CC1=O. The standard InChI is InChI=1S/C22H33NO5/c1-5-15-9-14-10-20(26-6-2)21(27-7-3)11-16(14)18-12-19(24)17(13-23(15)18)22(25)28-8-4/h13-16,18H,5-12H2,1-4H3. The van der Waals surface area contributed by atoms with Gasteiger partial charge in [-0.1, -0.05) is 6.92 Å². The first-order valence-electron chi connectivity index (χ1n) is 10.7. The number of ether oxygens (including phenoxy) is 3. The van der Waals surface area contributed by atoms with Crippen molar-refractivity contribution in [3.63, 3.8) is 0 Å². The van der Waals surface area contributed by atoms with Gasteiger partial charge < -0.3 is 19.1 Å². The monoisotopic (exact) mass is 391 g/mol. The van der Waals surface area contributed by atoms with Gasteiger partial charge in [0.15, 0.2) is 5.78 Å². The fraction of sp³-hybridized carbons (Fsp3) is 0.727. The summed E-state index contributed by atoms with van der Waals surface area (Å²) in [6.45, 7) is 9.44. The van der Waals surface area contributed by atoms with Crippen LogP contribution in [-0.4, -0.2) is 48.6 Å². The molecule has 3 aliphatic rings. The van der Waals surface area contributed by atoms with Gasteiger partial charge in [0, 0.05) is 37.5 Å². The molecule has 1 saturated heterocycles. The van der Waals surface area contributed by atoms with E-state index >= 15 is 0 Å². The lowest BCUT2D eigenvalue weighted by Crippen LogP contribution is -2.56. The van der Waals surface area contributed by atoms with Crippen LogP contribution in [-0.2, 0) is 23.8 Å². The van der Waals surface area contributed by atoms with Crippen molar-refractivity contribution in [1.82, 2.24) is 4.90 Å². The predicted molar refractivity (Wildman–Crippen MR) is 105 cm³/mol. The van der Waals surface area contributed by atoms with Gasteiger partial charge in [-0.2, -0.15) is 0 Å². The molecule has 0 bridgehead atoms. The topological polar surface area (TPSA) is 65.1 Å². The van der Waals surface area contributed by atoms with Gasteiger partial charge >= 0.3 is 5.97 Å². The molecular weight excluding hydrogens is 358 g/mol. The molecule has 2 aliphatic heterocycles. The van der Waals surface area contributed by atoms with E-state index in [1.54, 1.807) is 13.1 Å². The lowest BCUT2D eigenvalue weighted by Gasteiger charge is -2.53. The summed E-state index contributed by atoms with van der Waals surface area (Å²) in [4.78, 5) is 27.2. The van der Waals surface area contributed by atoms with E-state index in [1.165, 1.54) is 0 Å². The first kappa shape index (κ1) is 20.7. The number of allylic oxidation sites excluding steroid dienone is 2. The minimum atomic E-state index is -0.500. The van der Waals surface area contributed by atoms with Crippen molar-refractivity contribution in [1.29, 1.82) is 0 Å². The summed E-state index contributed by atoms with van der Waals surface area (Å²) < 4.78 is 16.9. The van der Waals surface area contributed by atoms with Gasteiger partial charge in [-0.05, 0) is 45.4 Å². The van der Waals surface area contributed by atoms with Crippen LogP contribution in [0.25, 0.3) is 0 Å². The molecule has 6 nitrogen and oxygen atoms in total. The molecule has 4 unspecified atom stereocenters. The predicted octanol–water partition coefficient (Wildman–Crippen LogP) is 3.57.